The number of nitrogens with one attached hydrogen (secondary N) is 2. The predicted molar refractivity (Wildman–Crippen MR) is 80.5 cm³/mol. The van der Waals surface area contributed by atoms with Crippen LogP contribution in [-0.4, -0.2) is 14.4 Å². The molecule has 21 heavy (non-hydrogen) atoms. The van der Waals surface area contributed by atoms with Gasteiger partial charge < -0.3 is 15.1 Å². The molecular formula is C12H9Cl2FN6. The van der Waals surface area contributed by atoms with Crippen LogP contribution in [0.5, 0.6) is 0 Å². The summed E-state index contributed by atoms with van der Waals surface area (Å²) in [5.41, 5.74) is 3.33. The first-order chi connectivity index (χ1) is 10.1. The number of nitrogens with two attached hydrogens (primary N) is 1. The number of imidazole rings is 1. The van der Waals surface area contributed by atoms with Crippen molar-refractivity contribution in [1.29, 1.82) is 0 Å². The third-order valence-corrected chi connectivity index (χ3v) is 3.37. The second-order valence-electron chi connectivity index (χ2n) is 4.15. The average molecular weight is 327 g/mol. The van der Waals surface area contributed by atoms with Gasteiger partial charge in [-0.15, -0.1) is 0 Å². The highest BCUT2D eigenvalue weighted by atomic mass is 35.5. The first-order valence-corrected chi connectivity index (χ1v) is 6.56. The molecule has 108 valence electrons. The monoisotopic (exact) mass is 326 g/mol. The Morgan fingerprint density at radius 3 is 2.62 bits per heavy atom. The number of halogens is 3. The van der Waals surface area contributed by atoms with Crippen LogP contribution < -0.4 is 16.6 Å². The van der Waals surface area contributed by atoms with Crippen LogP contribution in [0.25, 0.3) is 5.65 Å². The molecule has 0 bridgehead atoms. The molecule has 0 saturated carbocycles. The lowest BCUT2D eigenvalue weighted by molar-refractivity contribution is 0.628. The summed E-state index contributed by atoms with van der Waals surface area (Å²) in [6, 6.07) is 2.31. The Morgan fingerprint density at radius 1 is 1.24 bits per heavy atom. The summed E-state index contributed by atoms with van der Waals surface area (Å²) in [4.78, 5) is 8.43. The highest BCUT2D eigenvalue weighted by molar-refractivity contribution is 6.39. The van der Waals surface area contributed by atoms with Gasteiger partial charge in [0, 0.05) is 12.4 Å². The lowest BCUT2D eigenvalue weighted by Crippen LogP contribution is -2.11. The zero-order valence-electron chi connectivity index (χ0n) is 10.4. The van der Waals surface area contributed by atoms with E-state index in [4.69, 9.17) is 29.0 Å². The van der Waals surface area contributed by atoms with Crippen LogP contribution in [0.1, 0.15) is 0 Å². The topological polar surface area (TPSA) is 80.3 Å². The number of aromatic nitrogens is 3. The van der Waals surface area contributed by atoms with E-state index in [1.54, 1.807) is 23.0 Å². The molecule has 9 heteroatoms. The van der Waals surface area contributed by atoms with Gasteiger partial charge in [0.25, 0.3) is 0 Å². The van der Waals surface area contributed by atoms with Crippen LogP contribution in [0, 0.1) is 5.82 Å². The zero-order valence-corrected chi connectivity index (χ0v) is 12.0. The van der Waals surface area contributed by atoms with Crippen LogP contribution in [0.3, 0.4) is 0 Å². The van der Waals surface area contributed by atoms with E-state index in [1.165, 1.54) is 0 Å². The summed E-state index contributed by atoms with van der Waals surface area (Å²) in [6.07, 6.45) is 5.01. The summed E-state index contributed by atoms with van der Waals surface area (Å²) in [5.74, 6) is 5.65. The van der Waals surface area contributed by atoms with Crippen molar-refractivity contribution in [2.24, 2.45) is 5.84 Å². The number of hydrogen-bond donors (Lipinski definition) is 3. The maximum Gasteiger partial charge on any atom is 0.180 e. The third-order valence-electron chi connectivity index (χ3n) is 2.77. The Morgan fingerprint density at radius 2 is 1.95 bits per heavy atom. The van der Waals surface area contributed by atoms with Gasteiger partial charge in [-0.05, 0) is 12.1 Å². The molecule has 0 spiro atoms. The van der Waals surface area contributed by atoms with E-state index in [9.17, 15) is 4.39 Å². The van der Waals surface area contributed by atoms with E-state index < -0.39 is 5.82 Å². The van der Waals surface area contributed by atoms with Crippen molar-refractivity contribution in [2.75, 3.05) is 10.7 Å². The molecule has 3 rings (SSSR count). The first-order valence-electron chi connectivity index (χ1n) is 5.80. The summed E-state index contributed by atoms with van der Waals surface area (Å²) >= 11 is 12.0. The molecule has 4 N–H and O–H groups in total. The summed E-state index contributed by atoms with van der Waals surface area (Å²) in [5, 5.41) is 3.22. The van der Waals surface area contributed by atoms with E-state index in [1.807, 2.05) is 0 Å². The number of rotatable bonds is 3. The molecule has 0 aliphatic carbocycles. The number of hydrazine groups is 1. The molecular weight excluding hydrogens is 318 g/mol. The van der Waals surface area contributed by atoms with E-state index in [0.29, 0.717) is 23.0 Å². The fourth-order valence-electron chi connectivity index (χ4n) is 1.87. The molecule has 0 amide bonds. The first kappa shape index (κ1) is 13.9. The van der Waals surface area contributed by atoms with Crippen molar-refractivity contribution >= 4 is 46.2 Å². The van der Waals surface area contributed by atoms with Crippen LogP contribution in [-0.2, 0) is 0 Å². The van der Waals surface area contributed by atoms with Crippen LogP contribution in [0.2, 0.25) is 10.0 Å². The Balaban J connectivity index is 2.11. The van der Waals surface area contributed by atoms with Crippen molar-refractivity contribution < 1.29 is 4.39 Å². The molecule has 0 aliphatic rings. The molecule has 0 atom stereocenters. The second-order valence-corrected chi connectivity index (χ2v) is 4.96. The molecule has 0 unspecified atom stereocenters. The Kier molecular flexibility index (Phi) is 3.54. The number of anilines is 3. The van der Waals surface area contributed by atoms with Crippen molar-refractivity contribution in [1.82, 2.24) is 14.4 Å². The molecule has 0 aliphatic heterocycles. The predicted octanol–water partition coefficient (Wildman–Crippen LogP) is 3.20. The summed E-state index contributed by atoms with van der Waals surface area (Å²) in [6.45, 7) is 0. The molecule has 3 aromatic rings. The van der Waals surface area contributed by atoms with Gasteiger partial charge in [0.15, 0.2) is 17.3 Å². The van der Waals surface area contributed by atoms with Gasteiger partial charge in [0.1, 0.15) is 5.82 Å². The minimum absolute atomic E-state index is 0.137. The fourth-order valence-corrected chi connectivity index (χ4v) is 2.42. The number of benzene rings is 1. The van der Waals surface area contributed by atoms with Crippen molar-refractivity contribution in [3.05, 3.63) is 46.6 Å². The highest BCUT2D eigenvalue weighted by Crippen LogP contribution is 2.34. The maximum atomic E-state index is 13.2. The highest BCUT2D eigenvalue weighted by Gasteiger charge is 2.13. The Labute approximate surface area is 128 Å². The van der Waals surface area contributed by atoms with E-state index in [2.05, 4.69) is 20.7 Å². The number of nitrogen functional groups attached to an aromatic ring is 1. The zero-order chi connectivity index (χ0) is 15.0. The minimum atomic E-state index is -0.521. The number of fused-ring (bicyclic) bond motifs is 1. The fraction of sp³-hybridized carbons (Fsp3) is 0. The van der Waals surface area contributed by atoms with Crippen LogP contribution >= 0.6 is 23.2 Å². The SMILES string of the molecule is NNc1cn2ccnc2c(Nc2c(Cl)cc(F)cc2Cl)n1. The van der Waals surface area contributed by atoms with Gasteiger partial charge in [-0.2, -0.15) is 0 Å². The van der Waals surface area contributed by atoms with Crippen molar-refractivity contribution in [2.45, 2.75) is 0 Å². The number of hydrogen-bond acceptors (Lipinski definition) is 5. The van der Waals surface area contributed by atoms with Gasteiger partial charge in [-0.1, -0.05) is 23.2 Å². The standard InChI is InChI=1S/C12H9Cl2FN6/c13-7-3-6(15)4-8(14)10(7)19-11-12-17-1-2-21(12)5-9(18-11)20-16/h1-5,20H,16H2,(H,18,19). The average Bonchev–Trinajstić information content (AvgIpc) is 2.90. The molecule has 6 nitrogen and oxygen atoms in total. The van der Waals surface area contributed by atoms with E-state index >= 15 is 0 Å². The van der Waals surface area contributed by atoms with Crippen LogP contribution in [0.4, 0.5) is 21.7 Å². The van der Waals surface area contributed by atoms with Crippen molar-refractivity contribution in [3.8, 4) is 0 Å². The Bertz CT molecular complexity index is 796. The van der Waals surface area contributed by atoms with Gasteiger partial charge in [0.05, 0.1) is 21.9 Å². The Hall–Kier alpha value is -2.09. The van der Waals surface area contributed by atoms with Gasteiger partial charge in [0.2, 0.25) is 0 Å². The lowest BCUT2D eigenvalue weighted by atomic mass is 10.3. The molecule has 0 saturated heterocycles. The van der Waals surface area contributed by atoms with Gasteiger partial charge in [-0.25, -0.2) is 20.2 Å². The molecule has 2 heterocycles. The lowest BCUT2D eigenvalue weighted by Gasteiger charge is -2.12. The number of nitrogens with zero attached hydrogens (tertiary/aromatic N) is 3. The largest absolute Gasteiger partial charge is 0.335 e. The second kappa shape index (κ2) is 5.36. The summed E-state index contributed by atoms with van der Waals surface area (Å²) in [7, 11) is 0. The summed E-state index contributed by atoms with van der Waals surface area (Å²) < 4.78 is 14.9. The molecule has 0 radical (unpaired) electrons. The molecule has 1 aromatic carbocycles. The molecule has 2 aromatic heterocycles. The van der Waals surface area contributed by atoms with Crippen molar-refractivity contribution in [3.63, 3.8) is 0 Å². The normalized spacial score (nSPS) is 10.9. The van der Waals surface area contributed by atoms with Crippen LogP contribution in [0.15, 0.2) is 30.7 Å². The molecule has 0 fully saturated rings. The van der Waals surface area contributed by atoms with Gasteiger partial charge in [-0.3, -0.25) is 0 Å². The van der Waals surface area contributed by atoms with Gasteiger partial charge >= 0.3 is 0 Å². The van der Waals surface area contributed by atoms with E-state index in [0.717, 1.165) is 12.1 Å². The third kappa shape index (κ3) is 2.58. The quantitative estimate of drug-likeness (QED) is 0.508. The minimum Gasteiger partial charge on any atom is -0.335 e. The maximum absolute atomic E-state index is 13.2. The van der Waals surface area contributed by atoms with E-state index in [-0.39, 0.29) is 10.0 Å². The smallest absolute Gasteiger partial charge is 0.180 e.